The SMILES string of the molecule is Cc1c(Br)cncc1CC(F)(F)F. The van der Waals surface area contributed by atoms with Crippen LogP contribution in [0.2, 0.25) is 0 Å². The van der Waals surface area contributed by atoms with Crippen LogP contribution in [0.3, 0.4) is 0 Å². The van der Waals surface area contributed by atoms with Gasteiger partial charge in [0.1, 0.15) is 0 Å². The van der Waals surface area contributed by atoms with Gasteiger partial charge in [-0.1, -0.05) is 0 Å². The van der Waals surface area contributed by atoms with E-state index in [-0.39, 0.29) is 5.56 Å². The van der Waals surface area contributed by atoms with E-state index in [1.807, 2.05) is 0 Å². The molecule has 0 aromatic carbocycles. The summed E-state index contributed by atoms with van der Waals surface area (Å²) in [6.45, 7) is 1.63. The number of aromatic nitrogens is 1. The molecular formula is C8H7BrF3N. The molecule has 1 nitrogen and oxygen atoms in total. The Bertz CT molecular complexity index is 309. The molecule has 0 amide bonds. The smallest absolute Gasteiger partial charge is 0.263 e. The molecule has 0 fully saturated rings. The predicted octanol–water partition coefficient (Wildman–Crippen LogP) is 3.26. The quantitative estimate of drug-likeness (QED) is 0.749. The molecule has 0 aliphatic carbocycles. The van der Waals surface area contributed by atoms with Gasteiger partial charge in [-0.15, -0.1) is 0 Å². The van der Waals surface area contributed by atoms with E-state index < -0.39 is 12.6 Å². The highest BCUT2D eigenvalue weighted by molar-refractivity contribution is 9.10. The first-order valence-electron chi connectivity index (χ1n) is 3.56. The van der Waals surface area contributed by atoms with Crippen molar-refractivity contribution in [3.63, 3.8) is 0 Å². The van der Waals surface area contributed by atoms with Crippen molar-refractivity contribution in [3.8, 4) is 0 Å². The van der Waals surface area contributed by atoms with Crippen LogP contribution in [-0.2, 0) is 6.42 Å². The van der Waals surface area contributed by atoms with Crippen molar-refractivity contribution in [1.29, 1.82) is 0 Å². The third-order valence-electron chi connectivity index (χ3n) is 1.65. The van der Waals surface area contributed by atoms with Gasteiger partial charge in [-0.2, -0.15) is 13.2 Å². The van der Waals surface area contributed by atoms with Crippen LogP contribution in [-0.4, -0.2) is 11.2 Å². The first-order chi connectivity index (χ1) is 5.90. The Labute approximate surface area is 82.1 Å². The lowest BCUT2D eigenvalue weighted by Crippen LogP contribution is -2.12. The summed E-state index contributed by atoms with van der Waals surface area (Å²) in [6.07, 6.45) is -2.37. The van der Waals surface area contributed by atoms with Crippen molar-refractivity contribution in [2.75, 3.05) is 0 Å². The normalized spacial score (nSPS) is 11.8. The fourth-order valence-corrected chi connectivity index (χ4v) is 1.31. The first kappa shape index (κ1) is 10.5. The van der Waals surface area contributed by atoms with Gasteiger partial charge in [0.05, 0.1) is 6.42 Å². The maximum Gasteiger partial charge on any atom is 0.393 e. The Kier molecular flexibility index (Phi) is 2.95. The fourth-order valence-electron chi connectivity index (χ4n) is 0.934. The second-order valence-corrected chi connectivity index (χ2v) is 3.55. The number of pyridine rings is 1. The molecular weight excluding hydrogens is 247 g/mol. The molecule has 0 atom stereocenters. The maximum absolute atomic E-state index is 12.0. The molecule has 72 valence electrons. The molecule has 1 aromatic rings. The zero-order chi connectivity index (χ0) is 10.1. The van der Waals surface area contributed by atoms with Gasteiger partial charge in [0, 0.05) is 16.9 Å². The second kappa shape index (κ2) is 3.65. The van der Waals surface area contributed by atoms with Crippen molar-refractivity contribution < 1.29 is 13.2 Å². The van der Waals surface area contributed by atoms with Crippen molar-refractivity contribution in [1.82, 2.24) is 4.98 Å². The van der Waals surface area contributed by atoms with Gasteiger partial charge in [0.15, 0.2) is 0 Å². The van der Waals surface area contributed by atoms with E-state index in [1.165, 1.54) is 12.4 Å². The minimum absolute atomic E-state index is 0.210. The molecule has 5 heteroatoms. The van der Waals surface area contributed by atoms with Gasteiger partial charge >= 0.3 is 6.18 Å². The molecule has 0 saturated carbocycles. The molecule has 0 bridgehead atoms. The fraction of sp³-hybridized carbons (Fsp3) is 0.375. The van der Waals surface area contributed by atoms with Crippen molar-refractivity contribution >= 4 is 15.9 Å². The molecule has 0 spiro atoms. The summed E-state index contributed by atoms with van der Waals surface area (Å²) in [6, 6.07) is 0. The summed E-state index contributed by atoms with van der Waals surface area (Å²) in [7, 11) is 0. The number of halogens is 4. The largest absolute Gasteiger partial charge is 0.393 e. The van der Waals surface area contributed by atoms with Gasteiger partial charge in [0.25, 0.3) is 0 Å². The Hall–Kier alpha value is -0.580. The highest BCUT2D eigenvalue weighted by Gasteiger charge is 2.28. The Morgan fingerprint density at radius 1 is 1.38 bits per heavy atom. The molecule has 1 heterocycles. The molecule has 13 heavy (non-hydrogen) atoms. The highest BCUT2D eigenvalue weighted by Crippen LogP contribution is 2.25. The maximum atomic E-state index is 12.0. The predicted molar refractivity (Wildman–Crippen MR) is 46.4 cm³/mol. The van der Waals surface area contributed by atoms with E-state index in [1.54, 1.807) is 6.92 Å². The van der Waals surface area contributed by atoms with Crippen LogP contribution in [0.4, 0.5) is 13.2 Å². The van der Waals surface area contributed by atoms with Crippen LogP contribution in [0, 0.1) is 6.92 Å². The van der Waals surface area contributed by atoms with Gasteiger partial charge in [-0.3, -0.25) is 4.98 Å². The third-order valence-corrected chi connectivity index (χ3v) is 2.45. The molecule has 0 saturated heterocycles. The number of hydrogen-bond acceptors (Lipinski definition) is 1. The summed E-state index contributed by atoms with van der Waals surface area (Å²) < 4.78 is 36.6. The second-order valence-electron chi connectivity index (χ2n) is 2.70. The monoisotopic (exact) mass is 253 g/mol. The standard InChI is InChI=1S/C8H7BrF3N/c1-5-6(2-8(10,11)12)3-13-4-7(5)9/h3-4H,2H2,1H3. The summed E-state index contributed by atoms with van der Waals surface area (Å²) in [5, 5.41) is 0. The van der Waals surface area contributed by atoms with E-state index in [0.717, 1.165) is 0 Å². The molecule has 0 aliphatic heterocycles. The zero-order valence-corrected chi connectivity index (χ0v) is 8.41. The van der Waals surface area contributed by atoms with Crippen molar-refractivity contribution in [2.45, 2.75) is 19.5 Å². The lowest BCUT2D eigenvalue weighted by Gasteiger charge is -2.09. The number of alkyl halides is 3. The van der Waals surface area contributed by atoms with E-state index in [0.29, 0.717) is 10.0 Å². The molecule has 0 aliphatic rings. The third kappa shape index (κ3) is 2.99. The van der Waals surface area contributed by atoms with Crippen LogP contribution in [0.1, 0.15) is 11.1 Å². The average Bonchev–Trinajstić information content (AvgIpc) is 1.96. The summed E-state index contributed by atoms with van der Waals surface area (Å²) in [5.74, 6) is 0. The van der Waals surface area contributed by atoms with Crippen molar-refractivity contribution in [2.24, 2.45) is 0 Å². The topological polar surface area (TPSA) is 12.9 Å². The summed E-state index contributed by atoms with van der Waals surface area (Å²) in [5.41, 5.74) is 0.800. The van der Waals surface area contributed by atoms with Crippen LogP contribution in [0.25, 0.3) is 0 Å². The number of hydrogen-bond donors (Lipinski definition) is 0. The minimum Gasteiger partial charge on any atom is -0.263 e. The first-order valence-corrected chi connectivity index (χ1v) is 4.35. The van der Waals surface area contributed by atoms with Gasteiger partial charge in [-0.25, -0.2) is 0 Å². The average molecular weight is 254 g/mol. The molecule has 0 unspecified atom stereocenters. The Morgan fingerprint density at radius 2 is 2.00 bits per heavy atom. The summed E-state index contributed by atoms with van der Waals surface area (Å²) in [4.78, 5) is 3.68. The molecule has 1 rings (SSSR count). The van der Waals surface area contributed by atoms with Crippen LogP contribution >= 0.6 is 15.9 Å². The van der Waals surface area contributed by atoms with Crippen molar-refractivity contribution in [3.05, 3.63) is 28.0 Å². The lowest BCUT2D eigenvalue weighted by molar-refractivity contribution is -0.127. The Balaban J connectivity index is 2.96. The summed E-state index contributed by atoms with van der Waals surface area (Å²) >= 11 is 3.12. The van der Waals surface area contributed by atoms with E-state index >= 15 is 0 Å². The molecule has 0 radical (unpaired) electrons. The molecule has 1 aromatic heterocycles. The Morgan fingerprint density at radius 3 is 2.54 bits per heavy atom. The zero-order valence-electron chi connectivity index (χ0n) is 6.82. The number of rotatable bonds is 1. The van der Waals surface area contributed by atoms with Gasteiger partial charge < -0.3 is 0 Å². The van der Waals surface area contributed by atoms with Crippen LogP contribution < -0.4 is 0 Å². The van der Waals surface area contributed by atoms with Gasteiger partial charge in [-0.05, 0) is 34.0 Å². The van der Waals surface area contributed by atoms with E-state index in [2.05, 4.69) is 20.9 Å². The molecule has 0 N–H and O–H groups in total. The van der Waals surface area contributed by atoms with Crippen LogP contribution in [0.5, 0.6) is 0 Å². The lowest BCUT2D eigenvalue weighted by atomic mass is 10.1. The highest BCUT2D eigenvalue weighted by atomic mass is 79.9. The van der Waals surface area contributed by atoms with E-state index in [4.69, 9.17) is 0 Å². The van der Waals surface area contributed by atoms with Crippen LogP contribution in [0.15, 0.2) is 16.9 Å². The van der Waals surface area contributed by atoms with E-state index in [9.17, 15) is 13.2 Å². The number of nitrogens with zero attached hydrogens (tertiary/aromatic N) is 1. The minimum atomic E-state index is -4.17. The van der Waals surface area contributed by atoms with Gasteiger partial charge in [0.2, 0.25) is 0 Å².